The lowest BCUT2D eigenvalue weighted by atomic mass is 10.1. The number of ketones is 1. The molecule has 0 aliphatic carbocycles. The molecule has 0 saturated carbocycles. The SMILES string of the molecule is O=C(CN(C(=O)c1cccc([N+](=O)[O-])c1)N1C(=O)c2c(Br)c(Br)c(Br)c(Br)c2C1=O)c1ccc(Cl)cc1. The van der Waals surface area contributed by atoms with Crippen LogP contribution in [0.4, 0.5) is 5.69 Å². The number of hydrazine groups is 1. The summed E-state index contributed by atoms with van der Waals surface area (Å²) >= 11 is 19.2. The molecule has 3 amide bonds. The maximum atomic E-state index is 13.6. The van der Waals surface area contributed by atoms with Crippen LogP contribution in [0.15, 0.2) is 66.4 Å². The number of nitro groups is 1. The molecule has 3 aromatic carbocycles. The van der Waals surface area contributed by atoms with E-state index in [1.165, 1.54) is 42.5 Å². The van der Waals surface area contributed by atoms with Gasteiger partial charge in [0.2, 0.25) is 0 Å². The Labute approximate surface area is 247 Å². The molecular formula is C23H10Br4ClN3O6. The third kappa shape index (κ3) is 5.02. The fraction of sp³-hybridized carbons (Fsp3) is 0.0435. The first kappa shape index (κ1) is 27.6. The van der Waals surface area contributed by atoms with Gasteiger partial charge in [-0.15, -0.1) is 0 Å². The minimum absolute atomic E-state index is 0.0391. The summed E-state index contributed by atoms with van der Waals surface area (Å²) in [6, 6.07) is 10.6. The third-order valence-electron chi connectivity index (χ3n) is 5.32. The van der Waals surface area contributed by atoms with Crippen molar-refractivity contribution in [3.05, 3.63) is 104 Å². The fourth-order valence-corrected chi connectivity index (χ4v) is 6.14. The van der Waals surface area contributed by atoms with Gasteiger partial charge in [0.05, 0.1) is 16.1 Å². The monoisotopic (exact) mass is 775 g/mol. The highest BCUT2D eigenvalue weighted by atomic mass is 79.9. The van der Waals surface area contributed by atoms with Crippen LogP contribution in [0.5, 0.6) is 0 Å². The van der Waals surface area contributed by atoms with Gasteiger partial charge < -0.3 is 0 Å². The Hall–Kier alpha value is -2.45. The van der Waals surface area contributed by atoms with Gasteiger partial charge in [0.15, 0.2) is 5.78 Å². The first-order valence-corrected chi connectivity index (χ1v) is 13.6. The summed E-state index contributed by atoms with van der Waals surface area (Å²) in [6.07, 6.45) is 0. The van der Waals surface area contributed by atoms with Crippen LogP contribution in [0, 0.1) is 10.1 Å². The van der Waals surface area contributed by atoms with Gasteiger partial charge in [0.25, 0.3) is 23.4 Å². The minimum Gasteiger partial charge on any atom is -0.292 e. The van der Waals surface area contributed by atoms with E-state index in [2.05, 4.69) is 63.7 Å². The number of nitrogens with zero attached hydrogens (tertiary/aromatic N) is 3. The number of carbonyl (C=O) groups excluding carboxylic acids is 4. The molecule has 1 aliphatic rings. The van der Waals surface area contributed by atoms with Crippen molar-refractivity contribution in [1.29, 1.82) is 0 Å². The molecule has 14 heteroatoms. The van der Waals surface area contributed by atoms with E-state index in [1.54, 1.807) is 0 Å². The zero-order valence-corrected chi connectivity index (χ0v) is 25.1. The van der Waals surface area contributed by atoms with Crippen LogP contribution >= 0.6 is 75.3 Å². The molecule has 0 N–H and O–H groups in total. The number of nitro benzene ring substituents is 1. The first-order valence-electron chi connectivity index (χ1n) is 10.0. The number of halogens is 5. The van der Waals surface area contributed by atoms with Gasteiger partial charge in [-0.25, -0.2) is 5.01 Å². The molecule has 1 aliphatic heterocycles. The van der Waals surface area contributed by atoms with Crippen molar-refractivity contribution in [2.24, 2.45) is 0 Å². The highest BCUT2D eigenvalue weighted by molar-refractivity contribution is 9.15. The Morgan fingerprint density at radius 3 is 1.92 bits per heavy atom. The normalized spacial score (nSPS) is 12.5. The van der Waals surface area contributed by atoms with Crippen molar-refractivity contribution in [3.8, 4) is 0 Å². The van der Waals surface area contributed by atoms with E-state index in [0.717, 1.165) is 6.07 Å². The van der Waals surface area contributed by atoms with Crippen LogP contribution in [0.2, 0.25) is 5.02 Å². The van der Waals surface area contributed by atoms with Crippen molar-refractivity contribution in [2.45, 2.75) is 0 Å². The number of amides is 3. The molecule has 0 bridgehead atoms. The predicted octanol–water partition coefficient (Wildman–Crippen LogP) is 6.83. The summed E-state index contributed by atoms with van der Waals surface area (Å²) in [6.45, 7) is -0.716. The van der Waals surface area contributed by atoms with Gasteiger partial charge in [-0.05, 0) is 94.1 Å². The van der Waals surface area contributed by atoms with Crippen LogP contribution in [-0.2, 0) is 0 Å². The van der Waals surface area contributed by atoms with Gasteiger partial charge in [-0.3, -0.25) is 29.3 Å². The quantitative estimate of drug-likeness (QED) is 0.0676. The molecule has 188 valence electrons. The minimum atomic E-state index is -0.967. The van der Waals surface area contributed by atoms with E-state index in [9.17, 15) is 29.3 Å². The maximum Gasteiger partial charge on any atom is 0.282 e. The van der Waals surface area contributed by atoms with E-state index in [4.69, 9.17) is 11.6 Å². The summed E-state index contributed by atoms with van der Waals surface area (Å²) in [7, 11) is 0. The molecule has 0 spiro atoms. The lowest BCUT2D eigenvalue weighted by Crippen LogP contribution is -2.51. The Morgan fingerprint density at radius 1 is 0.865 bits per heavy atom. The Morgan fingerprint density at radius 2 is 1.41 bits per heavy atom. The molecule has 0 unspecified atom stereocenters. The maximum absolute atomic E-state index is 13.6. The number of carbonyl (C=O) groups is 4. The van der Waals surface area contributed by atoms with Crippen LogP contribution in [0.1, 0.15) is 41.4 Å². The van der Waals surface area contributed by atoms with Crippen molar-refractivity contribution in [3.63, 3.8) is 0 Å². The van der Waals surface area contributed by atoms with Crippen LogP contribution in [0.3, 0.4) is 0 Å². The lowest BCUT2D eigenvalue weighted by molar-refractivity contribution is -0.384. The summed E-state index contributed by atoms with van der Waals surface area (Å²) < 4.78 is 1.39. The molecule has 0 fully saturated rings. The number of hydrogen-bond acceptors (Lipinski definition) is 6. The zero-order valence-electron chi connectivity index (χ0n) is 18.0. The van der Waals surface area contributed by atoms with Gasteiger partial charge in [-0.2, -0.15) is 5.01 Å². The second-order valence-corrected chi connectivity index (χ2v) is 11.1. The molecule has 3 aromatic rings. The Kier molecular flexibility index (Phi) is 8.00. The van der Waals surface area contributed by atoms with E-state index >= 15 is 0 Å². The van der Waals surface area contributed by atoms with Crippen LogP contribution < -0.4 is 0 Å². The number of benzene rings is 3. The number of hydrogen-bond donors (Lipinski definition) is 0. The molecule has 0 aromatic heterocycles. The topological polar surface area (TPSA) is 118 Å². The average molecular weight is 779 g/mol. The van der Waals surface area contributed by atoms with Crippen molar-refractivity contribution < 1.29 is 24.1 Å². The molecule has 9 nitrogen and oxygen atoms in total. The lowest BCUT2D eigenvalue weighted by Gasteiger charge is -2.29. The Bertz CT molecular complexity index is 1480. The van der Waals surface area contributed by atoms with E-state index in [-0.39, 0.29) is 36.9 Å². The summed E-state index contributed by atoms with van der Waals surface area (Å²) in [5.74, 6) is -3.31. The zero-order chi connectivity index (χ0) is 27.2. The van der Waals surface area contributed by atoms with Crippen LogP contribution in [-0.4, -0.2) is 45.0 Å². The van der Waals surface area contributed by atoms with Gasteiger partial charge in [0, 0.05) is 46.2 Å². The fourth-order valence-electron chi connectivity index (χ4n) is 3.55. The van der Waals surface area contributed by atoms with Crippen molar-refractivity contribution in [1.82, 2.24) is 10.0 Å². The van der Waals surface area contributed by atoms with E-state index in [1.807, 2.05) is 0 Å². The molecule has 0 saturated heterocycles. The number of rotatable bonds is 6. The summed E-state index contributed by atoms with van der Waals surface area (Å²) in [4.78, 5) is 64.4. The molecule has 37 heavy (non-hydrogen) atoms. The smallest absolute Gasteiger partial charge is 0.282 e. The largest absolute Gasteiger partial charge is 0.292 e. The highest BCUT2D eigenvalue weighted by Crippen LogP contribution is 2.45. The van der Waals surface area contributed by atoms with Crippen molar-refractivity contribution >= 4 is 105 Å². The van der Waals surface area contributed by atoms with Crippen molar-refractivity contribution in [2.75, 3.05) is 6.54 Å². The molecule has 1 heterocycles. The van der Waals surface area contributed by atoms with E-state index in [0.29, 0.717) is 24.0 Å². The number of imide groups is 1. The number of non-ortho nitro benzene ring substituents is 1. The number of Topliss-reactive ketones (excluding diaryl/α,β-unsaturated/α-hetero) is 1. The molecule has 0 radical (unpaired) electrons. The number of fused-ring (bicyclic) bond motifs is 1. The van der Waals surface area contributed by atoms with E-state index < -0.39 is 35.0 Å². The molecule has 0 atom stereocenters. The summed E-state index contributed by atoms with van der Waals surface area (Å²) in [5.41, 5.74) is -0.484. The predicted molar refractivity (Wildman–Crippen MR) is 148 cm³/mol. The van der Waals surface area contributed by atoms with Gasteiger partial charge in [-0.1, -0.05) is 17.7 Å². The average Bonchev–Trinajstić information content (AvgIpc) is 3.14. The van der Waals surface area contributed by atoms with Crippen LogP contribution in [0.25, 0.3) is 0 Å². The highest BCUT2D eigenvalue weighted by Gasteiger charge is 2.46. The molecular weight excluding hydrogens is 769 g/mol. The Balaban J connectivity index is 1.83. The van der Waals surface area contributed by atoms with Gasteiger partial charge >= 0.3 is 0 Å². The summed E-state index contributed by atoms with van der Waals surface area (Å²) in [5, 5.41) is 12.9. The van der Waals surface area contributed by atoms with Gasteiger partial charge in [0.1, 0.15) is 6.54 Å². The standard InChI is InChI=1S/C23H10Br4ClN3O6/c24-17-15-16(18(25)20(27)19(17)26)23(35)30(22(15)34)29(9-14(32)10-4-6-12(28)7-5-10)21(33)11-2-1-3-13(8-11)31(36)37/h1-8H,9H2. The third-order valence-corrected chi connectivity index (χ3v) is 10.3. The second-order valence-electron chi connectivity index (χ2n) is 7.53. The second kappa shape index (κ2) is 10.7. The molecule has 4 rings (SSSR count). The first-order chi connectivity index (χ1) is 17.4.